The normalized spacial score (nSPS) is 15.2. The summed E-state index contributed by atoms with van der Waals surface area (Å²) >= 11 is 3.26. The number of anilines is 1. The number of halogens is 1. The summed E-state index contributed by atoms with van der Waals surface area (Å²) in [6.45, 7) is 1.66. The third-order valence-corrected chi connectivity index (χ3v) is 6.29. The number of rotatable bonds is 5. The second kappa shape index (κ2) is 8.43. The summed E-state index contributed by atoms with van der Waals surface area (Å²) < 4.78 is 29.3. The van der Waals surface area contributed by atoms with E-state index in [9.17, 15) is 23.1 Å². The number of carboxylic acids is 1. The molecule has 0 atom stereocenters. The average molecular weight is 530 g/mol. The molecule has 4 rings (SSSR count). The van der Waals surface area contributed by atoms with Gasteiger partial charge in [0.1, 0.15) is 11.5 Å². The van der Waals surface area contributed by atoms with Crippen LogP contribution in [0, 0.1) is 0 Å². The zero-order chi connectivity index (χ0) is 23.9. The lowest BCUT2D eigenvalue weighted by Gasteiger charge is -2.12. The van der Waals surface area contributed by atoms with Gasteiger partial charge in [-0.2, -0.15) is 10.1 Å². The molecule has 0 fully saturated rings. The minimum absolute atomic E-state index is 0.0710. The number of aromatic carboxylic acids is 1. The highest BCUT2D eigenvalue weighted by Crippen LogP contribution is 2.31. The van der Waals surface area contributed by atoms with E-state index in [1.807, 2.05) is 0 Å². The van der Waals surface area contributed by atoms with Gasteiger partial charge < -0.3 is 9.52 Å². The number of carbonyl (C=O) groups excluding carboxylic acids is 1. The van der Waals surface area contributed by atoms with Crippen LogP contribution in [0.2, 0.25) is 0 Å². The Bertz CT molecular complexity index is 1460. The molecule has 0 aliphatic carbocycles. The Morgan fingerprint density at radius 1 is 1.15 bits per heavy atom. The Labute approximate surface area is 197 Å². The largest absolute Gasteiger partial charge is 0.478 e. The highest BCUT2D eigenvalue weighted by Gasteiger charge is 2.29. The molecule has 33 heavy (non-hydrogen) atoms. The van der Waals surface area contributed by atoms with Crippen LogP contribution in [0.1, 0.15) is 23.0 Å². The van der Waals surface area contributed by atoms with Crippen molar-refractivity contribution >= 4 is 55.3 Å². The number of carbonyl (C=O) groups is 2. The molecular weight excluding hydrogens is 514 g/mol. The fourth-order valence-electron chi connectivity index (χ4n) is 3.26. The van der Waals surface area contributed by atoms with Crippen molar-refractivity contribution in [2.45, 2.75) is 11.8 Å². The lowest BCUT2D eigenvalue weighted by Crippen LogP contribution is -2.21. The summed E-state index contributed by atoms with van der Waals surface area (Å²) in [4.78, 5) is 24.4. The molecule has 1 aromatic heterocycles. The number of carboxylic acid groups (broad SMARTS) is 1. The highest BCUT2D eigenvalue weighted by molar-refractivity contribution is 9.10. The molecular formula is C22H16BrN3O6S. The average Bonchev–Trinajstić information content (AvgIpc) is 3.33. The molecule has 1 aliphatic heterocycles. The number of benzene rings is 2. The van der Waals surface area contributed by atoms with E-state index < -0.39 is 21.9 Å². The van der Waals surface area contributed by atoms with Crippen LogP contribution in [0.4, 0.5) is 5.69 Å². The van der Waals surface area contributed by atoms with Crippen molar-refractivity contribution in [3.05, 3.63) is 76.0 Å². The lowest BCUT2D eigenvalue weighted by atomic mass is 10.1. The molecule has 0 saturated carbocycles. The predicted octanol–water partition coefficient (Wildman–Crippen LogP) is 3.86. The van der Waals surface area contributed by atoms with Gasteiger partial charge >= 0.3 is 5.97 Å². The van der Waals surface area contributed by atoms with E-state index >= 15 is 0 Å². The van der Waals surface area contributed by atoms with Crippen LogP contribution >= 0.6 is 15.9 Å². The van der Waals surface area contributed by atoms with Crippen LogP contribution in [0.3, 0.4) is 0 Å². The van der Waals surface area contributed by atoms with E-state index in [4.69, 9.17) is 9.56 Å². The summed E-state index contributed by atoms with van der Waals surface area (Å²) in [7, 11) is -3.85. The molecule has 2 heterocycles. The van der Waals surface area contributed by atoms with Gasteiger partial charge in [0.25, 0.3) is 5.91 Å². The molecule has 0 spiro atoms. The Morgan fingerprint density at radius 2 is 1.85 bits per heavy atom. The number of nitrogens with two attached hydrogens (primary N) is 1. The first kappa shape index (κ1) is 22.6. The molecule has 1 aliphatic rings. The monoisotopic (exact) mass is 529 g/mol. The Hall–Kier alpha value is -3.54. The van der Waals surface area contributed by atoms with Crippen molar-refractivity contribution < 1.29 is 27.5 Å². The topological polar surface area (TPSA) is 143 Å². The van der Waals surface area contributed by atoms with E-state index in [-0.39, 0.29) is 16.0 Å². The number of amides is 1. The Kier molecular flexibility index (Phi) is 5.78. The molecule has 0 bridgehead atoms. The van der Waals surface area contributed by atoms with Crippen molar-refractivity contribution in [2.75, 3.05) is 5.01 Å². The minimum Gasteiger partial charge on any atom is -0.478 e. The van der Waals surface area contributed by atoms with Gasteiger partial charge in [0.2, 0.25) is 10.0 Å². The summed E-state index contributed by atoms with van der Waals surface area (Å²) in [5.41, 5.74) is 1.55. The maximum absolute atomic E-state index is 12.9. The van der Waals surface area contributed by atoms with E-state index in [2.05, 4.69) is 21.0 Å². The first-order valence-corrected chi connectivity index (χ1v) is 11.8. The van der Waals surface area contributed by atoms with Crippen LogP contribution in [-0.2, 0) is 14.8 Å². The van der Waals surface area contributed by atoms with Crippen LogP contribution in [0.25, 0.3) is 17.4 Å². The zero-order valence-electron chi connectivity index (χ0n) is 17.0. The number of sulfonamides is 1. The summed E-state index contributed by atoms with van der Waals surface area (Å²) in [5, 5.41) is 20.0. The van der Waals surface area contributed by atoms with Crippen LogP contribution in [-0.4, -0.2) is 31.1 Å². The standard InChI is InChI=1S/C22H16BrN3O6S/c1-12-18(21(27)26(25-12)14-3-6-16(7-4-14)33(24,30)31)11-15-5-9-20(32-15)17-8-2-13(23)10-19(17)22(28)29/h2-11H,1H3,(H,28,29)(H2,24,30,31)/b18-11-. The van der Waals surface area contributed by atoms with Crippen molar-refractivity contribution in [2.24, 2.45) is 10.2 Å². The maximum Gasteiger partial charge on any atom is 0.336 e. The van der Waals surface area contributed by atoms with Gasteiger partial charge in [-0.05, 0) is 67.6 Å². The smallest absolute Gasteiger partial charge is 0.336 e. The van der Waals surface area contributed by atoms with Crippen molar-refractivity contribution in [1.82, 2.24) is 0 Å². The van der Waals surface area contributed by atoms with Gasteiger partial charge in [0.05, 0.1) is 27.4 Å². The molecule has 2 aromatic carbocycles. The Morgan fingerprint density at radius 3 is 2.48 bits per heavy atom. The van der Waals surface area contributed by atoms with Gasteiger partial charge in [-0.15, -0.1) is 0 Å². The first-order valence-electron chi connectivity index (χ1n) is 9.42. The molecule has 3 N–H and O–H groups in total. The van der Waals surface area contributed by atoms with Gasteiger partial charge in [-0.25, -0.2) is 18.4 Å². The van der Waals surface area contributed by atoms with Crippen LogP contribution < -0.4 is 10.1 Å². The number of hydrogen-bond acceptors (Lipinski definition) is 6. The highest BCUT2D eigenvalue weighted by atomic mass is 79.9. The quantitative estimate of drug-likeness (QED) is 0.480. The predicted molar refractivity (Wildman–Crippen MR) is 125 cm³/mol. The molecule has 9 nitrogen and oxygen atoms in total. The fourth-order valence-corrected chi connectivity index (χ4v) is 4.14. The minimum atomic E-state index is -3.85. The molecule has 11 heteroatoms. The number of furan rings is 1. The fraction of sp³-hybridized carbons (Fsp3) is 0.0455. The lowest BCUT2D eigenvalue weighted by molar-refractivity contribution is -0.114. The Balaban J connectivity index is 1.63. The van der Waals surface area contributed by atoms with Crippen LogP contribution in [0.5, 0.6) is 0 Å². The van der Waals surface area contributed by atoms with Gasteiger partial charge in [0, 0.05) is 10.0 Å². The molecule has 168 valence electrons. The van der Waals surface area contributed by atoms with E-state index in [1.165, 1.54) is 36.4 Å². The number of hydrazone groups is 1. The third-order valence-electron chi connectivity index (χ3n) is 4.86. The van der Waals surface area contributed by atoms with Crippen molar-refractivity contribution in [3.63, 3.8) is 0 Å². The second-order valence-electron chi connectivity index (χ2n) is 7.10. The van der Waals surface area contributed by atoms with Crippen molar-refractivity contribution in [3.8, 4) is 11.3 Å². The molecule has 0 saturated heterocycles. The molecule has 0 unspecified atom stereocenters. The van der Waals surface area contributed by atoms with E-state index in [1.54, 1.807) is 31.2 Å². The van der Waals surface area contributed by atoms with Crippen molar-refractivity contribution in [1.29, 1.82) is 0 Å². The SMILES string of the molecule is CC1=NN(c2ccc(S(N)(=O)=O)cc2)C(=O)/C1=C\c1ccc(-c2ccc(Br)cc2C(=O)O)o1. The van der Waals surface area contributed by atoms with Crippen LogP contribution in [0.15, 0.2) is 79.1 Å². The third kappa shape index (κ3) is 4.51. The molecule has 0 radical (unpaired) electrons. The number of hydrogen-bond donors (Lipinski definition) is 2. The number of nitrogens with zero attached hydrogens (tertiary/aromatic N) is 2. The number of primary sulfonamides is 1. The molecule has 3 aromatic rings. The van der Waals surface area contributed by atoms with E-state index in [0.29, 0.717) is 33.0 Å². The second-order valence-corrected chi connectivity index (χ2v) is 9.57. The van der Waals surface area contributed by atoms with Gasteiger partial charge in [0.15, 0.2) is 0 Å². The summed E-state index contributed by atoms with van der Waals surface area (Å²) in [6, 6.07) is 13.5. The maximum atomic E-state index is 12.9. The van der Waals surface area contributed by atoms with E-state index in [0.717, 1.165) is 5.01 Å². The zero-order valence-corrected chi connectivity index (χ0v) is 19.4. The van der Waals surface area contributed by atoms with Gasteiger partial charge in [-0.1, -0.05) is 15.9 Å². The first-order chi connectivity index (χ1) is 15.5. The molecule has 1 amide bonds. The van der Waals surface area contributed by atoms with Gasteiger partial charge in [-0.3, -0.25) is 4.79 Å². The summed E-state index contributed by atoms with van der Waals surface area (Å²) in [6.07, 6.45) is 1.52. The summed E-state index contributed by atoms with van der Waals surface area (Å²) in [5.74, 6) is -0.847.